The molecule has 0 unspecified atom stereocenters. The van der Waals surface area contributed by atoms with Gasteiger partial charge >= 0.3 is 0 Å². The molecule has 27 heavy (non-hydrogen) atoms. The Morgan fingerprint density at radius 1 is 1.41 bits per heavy atom. The number of hydrogen-bond donors (Lipinski definition) is 0. The first kappa shape index (κ1) is 17.6. The van der Waals surface area contributed by atoms with Crippen molar-refractivity contribution in [3.05, 3.63) is 35.9 Å². The molecular formula is C17H21N7O3. The second-order valence-electron chi connectivity index (χ2n) is 6.42. The molecule has 10 heteroatoms. The normalized spacial score (nSPS) is 17.6. The number of morpholine rings is 1. The minimum atomic E-state index is -0.367. The van der Waals surface area contributed by atoms with Gasteiger partial charge in [0, 0.05) is 26.3 Å². The highest BCUT2D eigenvalue weighted by atomic mass is 16.5. The summed E-state index contributed by atoms with van der Waals surface area (Å²) in [4.78, 5) is 19.1. The number of rotatable bonds is 5. The maximum Gasteiger partial charge on any atom is 0.254 e. The number of methoxy groups -OCH3 is 1. The Balaban J connectivity index is 1.52. The van der Waals surface area contributed by atoms with Gasteiger partial charge in [0.05, 0.1) is 43.7 Å². The van der Waals surface area contributed by atoms with Crippen LogP contribution in [-0.4, -0.2) is 74.0 Å². The van der Waals surface area contributed by atoms with Crippen LogP contribution in [-0.2, 0) is 23.1 Å². The van der Waals surface area contributed by atoms with E-state index >= 15 is 0 Å². The number of carbonyl (C=O) groups is 1. The second kappa shape index (κ2) is 7.41. The minimum Gasteiger partial charge on any atom is -0.383 e. The summed E-state index contributed by atoms with van der Waals surface area (Å²) in [5, 5.41) is 11.8. The first-order valence-electron chi connectivity index (χ1n) is 8.74. The summed E-state index contributed by atoms with van der Waals surface area (Å²) < 4.78 is 14.5. The molecule has 1 fully saturated rings. The van der Waals surface area contributed by atoms with Crippen LogP contribution >= 0.6 is 0 Å². The quantitative estimate of drug-likeness (QED) is 0.641. The topological polar surface area (TPSA) is 100 Å². The first-order valence-corrected chi connectivity index (χ1v) is 8.74. The molecule has 0 N–H and O–H groups in total. The smallest absolute Gasteiger partial charge is 0.254 e. The highest BCUT2D eigenvalue weighted by Gasteiger charge is 2.30. The lowest BCUT2D eigenvalue weighted by Crippen LogP contribution is -2.43. The van der Waals surface area contributed by atoms with Crippen molar-refractivity contribution in [3.8, 4) is 0 Å². The Bertz CT molecular complexity index is 951. The average Bonchev–Trinajstić information content (AvgIpc) is 3.32. The van der Waals surface area contributed by atoms with Crippen LogP contribution in [0.15, 0.2) is 24.5 Å². The fourth-order valence-corrected chi connectivity index (χ4v) is 3.22. The van der Waals surface area contributed by atoms with Crippen LogP contribution in [0.2, 0.25) is 0 Å². The molecule has 1 amide bonds. The lowest BCUT2D eigenvalue weighted by molar-refractivity contribution is -0.0292. The predicted molar refractivity (Wildman–Crippen MR) is 95.0 cm³/mol. The number of nitrogens with zero attached hydrogens (tertiary/aromatic N) is 7. The van der Waals surface area contributed by atoms with Crippen molar-refractivity contribution in [1.82, 2.24) is 34.7 Å². The van der Waals surface area contributed by atoms with Gasteiger partial charge in [-0.1, -0.05) is 0 Å². The van der Waals surface area contributed by atoms with Crippen molar-refractivity contribution in [3.63, 3.8) is 0 Å². The fourth-order valence-electron chi connectivity index (χ4n) is 3.22. The fraction of sp³-hybridized carbons (Fsp3) is 0.471. The third-order valence-corrected chi connectivity index (χ3v) is 4.68. The van der Waals surface area contributed by atoms with Crippen molar-refractivity contribution in [2.24, 2.45) is 7.05 Å². The Morgan fingerprint density at radius 2 is 2.30 bits per heavy atom. The highest BCUT2D eigenvalue weighted by Crippen LogP contribution is 2.22. The summed E-state index contributed by atoms with van der Waals surface area (Å²) in [5.41, 5.74) is 2.40. The number of hydrogen-bond acceptors (Lipinski definition) is 7. The van der Waals surface area contributed by atoms with E-state index in [0.717, 1.165) is 11.0 Å². The predicted octanol–water partition coefficient (Wildman–Crippen LogP) is 0.420. The van der Waals surface area contributed by atoms with E-state index in [0.29, 0.717) is 44.2 Å². The molecule has 0 bridgehead atoms. The molecule has 3 aromatic rings. The first-order chi connectivity index (χ1) is 13.2. The molecule has 0 saturated carbocycles. The van der Waals surface area contributed by atoms with Gasteiger partial charge in [-0.2, -0.15) is 0 Å². The molecule has 1 saturated heterocycles. The summed E-state index contributed by atoms with van der Waals surface area (Å²) in [6.45, 7) is 2.38. The number of ether oxygens (including phenoxy) is 2. The van der Waals surface area contributed by atoms with E-state index in [-0.39, 0.29) is 12.0 Å². The van der Waals surface area contributed by atoms with Gasteiger partial charge in [-0.05, 0) is 28.6 Å². The van der Waals surface area contributed by atoms with Gasteiger partial charge in [0.2, 0.25) is 0 Å². The standard InChI is InChI=1S/C17H21N7O3/c1-22-11-18-13-9-12(3-4-14(13)22)17(25)23-5-8-27-15(10-23)16-19-20-21-24(16)6-7-26-2/h3-4,9,11,15H,5-8,10H2,1-2H3/t15-/m0/s1. The average molecular weight is 371 g/mol. The number of imidazole rings is 1. The van der Waals surface area contributed by atoms with E-state index < -0.39 is 0 Å². The molecule has 0 aliphatic carbocycles. The molecule has 4 rings (SSSR count). The van der Waals surface area contributed by atoms with Gasteiger partial charge in [0.15, 0.2) is 5.82 Å². The lowest BCUT2D eigenvalue weighted by atomic mass is 10.1. The summed E-state index contributed by atoms with van der Waals surface area (Å²) in [6, 6.07) is 5.57. The zero-order chi connectivity index (χ0) is 18.8. The largest absolute Gasteiger partial charge is 0.383 e. The lowest BCUT2D eigenvalue weighted by Gasteiger charge is -2.32. The molecule has 2 aromatic heterocycles. The third kappa shape index (κ3) is 3.40. The maximum absolute atomic E-state index is 13.0. The molecule has 0 spiro atoms. The minimum absolute atomic E-state index is 0.0493. The van der Waals surface area contributed by atoms with Crippen LogP contribution in [0, 0.1) is 0 Å². The van der Waals surface area contributed by atoms with Crippen LogP contribution in [0.3, 0.4) is 0 Å². The third-order valence-electron chi connectivity index (χ3n) is 4.68. The zero-order valence-corrected chi connectivity index (χ0v) is 15.3. The molecule has 1 atom stereocenters. The number of tetrazole rings is 1. The molecule has 142 valence electrons. The van der Waals surface area contributed by atoms with Crippen LogP contribution in [0.25, 0.3) is 11.0 Å². The molecular weight excluding hydrogens is 350 g/mol. The van der Waals surface area contributed by atoms with Crippen molar-refractivity contribution in [1.29, 1.82) is 0 Å². The van der Waals surface area contributed by atoms with Gasteiger partial charge in [-0.3, -0.25) is 4.79 Å². The number of benzene rings is 1. The Kier molecular flexibility index (Phi) is 4.82. The maximum atomic E-state index is 13.0. The molecule has 3 heterocycles. The van der Waals surface area contributed by atoms with E-state index in [9.17, 15) is 4.79 Å². The number of carbonyl (C=O) groups excluding carboxylic acids is 1. The van der Waals surface area contributed by atoms with Crippen LogP contribution < -0.4 is 0 Å². The molecule has 1 aliphatic heterocycles. The monoisotopic (exact) mass is 371 g/mol. The van der Waals surface area contributed by atoms with Gasteiger partial charge in [-0.25, -0.2) is 9.67 Å². The zero-order valence-electron chi connectivity index (χ0n) is 15.3. The van der Waals surface area contributed by atoms with E-state index in [2.05, 4.69) is 20.5 Å². The summed E-state index contributed by atoms with van der Waals surface area (Å²) in [5.74, 6) is 0.552. The van der Waals surface area contributed by atoms with Crippen molar-refractivity contribution < 1.29 is 14.3 Å². The number of amides is 1. The number of aromatic nitrogens is 6. The van der Waals surface area contributed by atoms with Gasteiger partial charge in [0.25, 0.3) is 5.91 Å². The summed E-state index contributed by atoms with van der Waals surface area (Å²) in [6.07, 6.45) is 1.37. The van der Waals surface area contributed by atoms with Crippen LogP contribution in [0.4, 0.5) is 0 Å². The molecule has 1 aromatic carbocycles. The van der Waals surface area contributed by atoms with Crippen molar-refractivity contribution >= 4 is 16.9 Å². The molecule has 1 aliphatic rings. The number of fused-ring (bicyclic) bond motifs is 1. The Labute approximate surface area is 155 Å². The Morgan fingerprint density at radius 3 is 3.15 bits per heavy atom. The molecule has 10 nitrogen and oxygen atoms in total. The SMILES string of the molecule is COCCn1nnnc1[C@@H]1CN(C(=O)c2ccc3c(c2)ncn3C)CCO1. The van der Waals surface area contributed by atoms with Gasteiger partial charge in [-0.15, -0.1) is 5.10 Å². The van der Waals surface area contributed by atoms with Crippen molar-refractivity contribution in [2.45, 2.75) is 12.6 Å². The van der Waals surface area contributed by atoms with Crippen molar-refractivity contribution in [2.75, 3.05) is 33.4 Å². The highest BCUT2D eigenvalue weighted by molar-refractivity contribution is 5.97. The van der Waals surface area contributed by atoms with E-state index in [4.69, 9.17) is 9.47 Å². The van der Waals surface area contributed by atoms with E-state index in [1.807, 2.05) is 29.8 Å². The molecule has 0 radical (unpaired) electrons. The van der Waals surface area contributed by atoms with Gasteiger partial charge < -0.3 is 18.9 Å². The second-order valence-corrected chi connectivity index (χ2v) is 6.42. The summed E-state index contributed by atoms with van der Waals surface area (Å²) >= 11 is 0. The van der Waals surface area contributed by atoms with Crippen LogP contribution in [0.1, 0.15) is 22.3 Å². The van der Waals surface area contributed by atoms with E-state index in [1.165, 1.54) is 0 Å². The van der Waals surface area contributed by atoms with Gasteiger partial charge in [0.1, 0.15) is 6.10 Å². The Hall–Kier alpha value is -2.85. The van der Waals surface area contributed by atoms with E-state index in [1.54, 1.807) is 23.0 Å². The van der Waals surface area contributed by atoms with Crippen LogP contribution in [0.5, 0.6) is 0 Å². The number of aryl methyl sites for hydroxylation is 1. The summed E-state index contributed by atoms with van der Waals surface area (Å²) in [7, 11) is 3.55.